The normalized spacial score (nSPS) is 13.2. The zero-order valence-electron chi connectivity index (χ0n) is 22.5. The molecule has 4 aromatic carbocycles. The summed E-state index contributed by atoms with van der Waals surface area (Å²) < 4.78 is 0. The Labute approximate surface area is 234 Å². The van der Waals surface area contributed by atoms with Crippen molar-refractivity contribution in [2.24, 2.45) is 0 Å². The predicted octanol–water partition coefficient (Wildman–Crippen LogP) is 4.42. The van der Waals surface area contributed by atoms with Gasteiger partial charge in [0.1, 0.15) is 5.75 Å². The average Bonchev–Trinajstić information content (AvgIpc) is 2.95. The molecule has 0 aliphatic heterocycles. The summed E-state index contributed by atoms with van der Waals surface area (Å²) in [4.78, 5) is 26.4. The molecule has 0 saturated carbocycles. The summed E-state index contributed by atoms with van der Waals surface area (Å²) >= 11 is 0. The van der Waals surface area contributed by atoms with Crippen LogP contribution in [0.3, 0.4) is 0 Å². The Bertz CT molecular complexity index is 1430. The maximum Gasteiger partial charge on any atom is 0.252 e. The smallest absolute Gasteiger partial charge is 0.252 e. The van der Waals surface area contributed by atoms with Crippen LogP contribution in [-0.2, 0) is 12.8 Å². The van der Waals surface area contributed by atoms with Crippen LogP contribution in [0, 0.1) is 6.92 Å². The zero-order chi connectivity index (χ0) is 28.5. The van der Waals surface area contributed by atoms with Gasteiger partial charge in [-0.15, -0.1) is 0 Å². The number of benzene rings is 4. The molecular weight excluding hydrogens is 502 g/mol. The Morgan fingerprint density at radius 2 is 1.40 bits per heavy atom. The van der Waals surface area contributed by atoms with E-state index in [1.807, 2.05) is 60.7 Å². The lowest BCUT2D eigenvalue weighted by Crippen LogP contribution is -2.48. The van der Waals surface area contributed by atoms with Gasteiger partial charge in [-0.1, -0.05) is 72.8 Å². The molecule has 0 aliphatic carbocycles. The number of phenols is 1. The van der Waals surface area contributed by atoms with Crippen LogP contribution < -0.4 is 16.4 Å². The number of aliphatic hydroxyl groups is 1. The van der Waals surface area contributed by atoms with E-state index in [1.165, 1.54) is 6.07 Å². The number of hydrogen-bond donors (Lipinski definition) is 5. The molecule has 0 aromatic heterocycles. The number of phenolic OH excluding ortho intramolecular Hbond substituents is 1. The van der Waals surface area contributed by atoms with Crippen molar-refractivity contribution in [3.8, 4) is 5.75 Å². The molecule has 3 atom stereocenters. The van der Waals surface area contributed by atoms with Crippen LogP contribution in [0.5, 0.6) is 5.75 Å². The zero-order valence-corrected chi connectivity index (χ0v) is 22.5. The SMILES string of the molecule is Cc1c(O)cccc1C(=O)N[C@@H](Cc1ccccc1)[C@@H](O)C[C@H](Cc1ccccc1)NC(=O)c1cccc(N)c1. The van der Waals surface area contributed by atoms with E-state index in [0.29, 0.717) is 35.2 Å². The molecule has 2 amide bonds. The minimum atomic E-state index is -0.989. The number of rotatable bonds is 11. The van der Waals surface area contributed by atoms with Crippen molar-refractivity contribution in [2.75, 3.05) is 5.73 Å². The molecule has 0 unspecified atom stereocenters. The van der Waals surface area contributed by atoms with E-state index in [1.54, 1.807) is 43.3 Å². The van der Waals surface area contributed by atoms with Gasteiger partial charge >= 0.3 is 0 Å². The molecule has 4 rings (SSSR count). The number of nitrogens with two attached hydrogens (primary N) is 1. The fourth-order valence-corrected chi connectivity index (χ4v) is 4.76. The van der Waals surface area contributed by atoms with Gasteiger partial charge in [0, 0.05) is 28.4 Å². The van der Waals surface area contributed by atoms with Gasteiger partial charge in [0.25, 0.3) is 11.8 Å². The van der Waals surface area contributed by atoms with Crippen molar-refractivity contribution >= 4 is 17.5 Å². The molecule has 4 aromatic rings. The van der Waals surface area contributed by atoms with Gasteiger partial charge in [0.2, 0.25) is 0 Å². The first-order valence-electron chi connectivity index (χ1n) is 13.3. The van der Waals surface area contributed by atoms with Crippen molar-refractivity contribution in [3.63, 3.8) is 0 Å². The number of anilines is 1. The van der Waals surface area contributed by atoms with Gasteiger partial charge in [-0.2, -0.15) is 0 Å². The minimum Gasteiger partial charge on any atom is -0.508 e. The third-order valence-electron chi connectivity index (χ3n) is 6.96. The Morgan fingerprint density at radius 1 is 0.775 bits per heavy atom. The summed E-state index contributed by atoms with van der Waals surface area (Å²) in [5.41, 5.74) is 9.55. The number of carbonyl (C=O) groups excluding carboxylic acids is 2. The summed E-state index contributed by atoms with van der Waals surface area (Å²) in [5.74, 6) is -0.656. The molecule has 0 saturated heterocycles. The van der Waals surface area contributed by atoms with Crippen LogP contribution in [0.15, 0.2) is 103 Å². The fraction of sp³-hybridized carbons (Fsp3) is 0.212. The van der Waals surface area contributed by atoms with Gasteiger partial charge in [-0.05, 0) is 67.6 Å². The summed E-state index contributed by atoms with van der Waals surface area (Å²) in [6.07, 6.45) is 0.0764. The lowest BCUT2D eigenvalue weighted by molar-refractivity contribution is 0.0755. The maximum atomic E-state index is 13.3. The lowest BCUT2D eigenvalue weighted by Gasteiger charge is -2.29. The van der Waals surface area contributed by atoms with E-state index in [9.17, 15) is 19.8 Å². The molecule has 0 aliphatic rings. The average molecular weight is 538 g/mol. The van der Waals surface area contributed by atoms with Crippen LogP contribution in [0.4, 0.5) is 5.69 Å². The molecule has 0 fully saturated rings. The maximum absolute atomic E-state index is 13.3. The summed E-state index contributed by atoms with van der Waals surface area (Å²) in [7, 11) is 0. The Hall–Kier alpha value is -4.62. The molecule has 0 heterocycles. The second-order valence-electron chi connectivity index (χ2n) is 10.0. The molecule has 0 bridgehead atoms. The summed E-state index contributed by atoms with van der Waals surface area (Å²) in [6, 6.07) is 29.8. The van der Waals surface area contributed by atoms with Gasteiger partial charge in [0.15, 0.2) is 0 Å². The third kappa shape index (κ3) is 7.71. The highest BCUT2D eigenvalue weighted by molar-refractivity contribution is 5.96. The summed E-state index contributed by atoms with van der Waals surface area (Å²) in [6.45, 7) is 1.68. The topological polar surface area (TPSA) is 125 Å². The van der Waals surface area contributed by atoms with E-state index >= 15 is 0 Å². The van der Waals surface area contributed by atoms with Gasteiger partial charge in [-0.3, -0.25) is 9.59 Å². The summed E-state index contributed by atoms with van der Waals surface area (Å²) in [5, 5.41) is 27.7. The predicted molar refractivity (Wildman–Crippen MR) is 157 cm³/mol. The first-order chi connectivity index (χ1) is 19.3. The van der Waals surface area contributed by atoms with Crippen molar-refractivity contribution < 1.29 is 19.8 Å². The number of carbonyl (C=O) groups is 2. The monoisotopic (exact) mass is 537 g/mol. The third-order valence-corrected chi connectivity index (χ3v) is 6.96. The quantitative estimate of drug-likeness (QED) is 0.181. The first kappa shape index (κ1) is 28.4. The number of amides is 2. The number of nitrogen functional groups attached to an aromatic ring is 1. The van der Waals surface area contributed by atoms with Gasteiger partial charge < -0.3 is 26.6 Å². The van der Waals surface area contributed by atoms with Crippen LogP contribution in [0.2, 0.25) is 0 Å². The van der Waals surface area contributed by atoms with E-state index in [4.69, 9.17) is 5.73 Å². The molecule has 7 nitrogen and oxygen atoms in total. The highest BCUT2D eigenvalue weighted by atomic mass is 16.3. The minimum absolute atomic E-state index is 0.0278. The molecule has 6 N–H and O–H groups in total. The molecule has 40 heavy (non-hydrogen) atoms. The number of aromatic hydroxyl groups is 1. The van der Waals surface area contributed by atoms with E-state index in [2.05, 4.69) is 10.6 Å². The number of nitrogens with one attached hydrogen (secondary N) is 2. The van der Waals surface area contributed by atoms with Gasteiger partial charge in [0.05, 0.1) is 12.1 Å². The van der Waals surface area contributed by atoms with Crippen molar-refractivity contribution in [3.05, 3.63) is 131 Å². The number of hydrogen-bond acceptors (Lipinski definition) is 5. The molecule has 0 radical (unpaired) electrons. The highest BCUT2D eigenvalue weighted by Gasteiger charge is 2.27. The fourth-order valence-electron chi connectivity index (χ4n) is 4.76. The van der Waals surface area contributed by atoms with E-state index < -0.39 is 24.1 Å². The lowest BCUT2D eigenvalue weighted by atomic mass is 9.93. The Kier molecular flexibility index (Phi) is 9.54. The Balaban J connectivity index is 1.57. The van der Waals surface area contributed by atoms with Crippen LogP contribution in [-0.4, -0.2) is 40.2 Å². The first-order valence-corrected chi connectivity index (χ1v) is 13.3. The molecular formula is C33H35N3O4. The van der Waals surface area contributed by atoms with Crippen molar-refractivity contribution in [2.45, 2.75) is 44.4 Å². The second kappa shape index (κ2) is 13.4. The second-order valence-corrected chi connectivity index (χ2v) is 10.0. The molecule has 7 heteroatoms. The van der Waals surface area contributed by atoms with Crippen molar-refractivity contribution in [1.29, 1.82) is 0 Å². The Morgan fingerprint density at radius 3 is 2.05 bits per heavy atom. The molecule has 206 valence electrons. The van der Waals surface area contributed by atoms with Crippen LogP contribution in [0.25, 0.3) is 0 Å². The number of aliphatic hydroxyl groups excluding tert-OH is 1. The van der Waals surface area contributed by atoms with Gasteiger partial charge in [-0.25, -0.2) is 0 Å². The van der Waals surface area contributed by atoms with Crippen molar-refractivity contribution in [1.82, 2.24) is 10.6 Å². The van der Waals surface area contributed by atoms with Crippen LogP contribution in [0.1, 0.15) is 43.8 Å². The molecule has 0 spiro atoms. The van der Waals surface area contributed by atoms with Crippen LogP contribution >= 0.6 is 0 Å². The highest BCUT2D eigenvalue weighted by Crippen LogP contribution is 2.21. The van der Waals surface area contributed by atoms with E-state index in [0.717, 1.165) is 11.1 Å². The van der Waals surface area contributed by atoms with E-state index in [-0.39, 0.29) is 18.1 Å². The largest absolute Gasteiger partial charge is 0.508 e. The standard InChI is InChI=1S/C33H35N3O4/c1-22-28(16-9-17-30(22)37)33(40)36-29(19-24-12-6-3-7-13-24)31(38)21-27(18-23-10-4-2-5-11-23)35-32(39)25-14-8-15-26(34)20-25/h2-17,20,27,29,31,37-38H,18-19,21,34H2,1H3,(H,35,39)(H,36,40)/t27-,29-,31-/m0/s1.